The molecule has 0 saturated carbocycles. The first-order valence-electron chi connectivity index (χ1n) is 5.89. The Morgan fingerprint density at radius 1 is 1.29 bits per heavy atom. The van der Waals surface area contributed by atoms with Crippen LogP contribution in [0.1, 0.15) is 27.2 Å². The summed E-state index contributed by atoms with van der Waals surface area (Å²) >= 11 is 3.37. The lowest BCUT2D eigenvalue weighted by molar-refractivity contribution is -0.122. The van der Waals surface area contributed by atoms with E-state index in [1.165, 1.54) is 0 Å². The first-order valence-corrected chi connectivity index (χ1v) is 6.69. The summed E-state index contributed by atoms with van der Waals surface area (Å²) < 4.78 is 6.65. The van der Waals surface area contributed by atoms with Crippen molar-refractivity contribution in [3.8, 4) is 5.75 Å². The number of Topliss-reactive ketones (excluding diaryl/α,β-unsaturated/α-hetero) is 1. The summed E-state index contributed by atoms with van der Waals surface area (Å²) in [6.45, 7) is 6.39. The summed E-state index contributed by atoms with van der Waals surface area (Å²) in [5, 5.41) is 0. The number of halogens is 1. The molecule has 0 bridgehead atoms. The van der Waals surface area contributed by atoms with Crippen LogP contribution in [0, 0.1) is 11.8 Å². The minimum absolute atomic E-state index is 0.102. The molecule has 0 spiro atoms. The summed E-state index contributed by atoms with van der Waals surface area (Å²) in [6.07, 6.45) is 0.781. The zero-order valence-electron chi connectivity index (χ0n) is 10.6. The molecule has 94 valence electrons. The smallest absolute Gasteiger partial charge is 0.133 e. The summed E-state index contributed by atoms with van der Waals surface area (Å²) in [5.41, 5.74) is 0. The van der Waals surface area contributed by atoms with Crippen molar-refractivity contribution in [1.82, 2.24) is 0 Å². The standard InChI is InChI=1S/C14H19BrO2/c1-10(2)14(11(3)16)8-9-17-13-6-4-12(15)5-7-13/h4-7,10,14H,8-9H2,1-3H3. The molecule has 3 heteroatoms. The lowest BCUT2D eigenvalue weighted by Crippen LogP contribution is -2.20. The molecule has 0 heterocycles. The van der Waals surface area contributed by atoms with E-state index >= 15 is 0 Å². The second-order valence-electron chi connectivity index (χ2n) is 4.55. The van der Waals surface area contributed by atoms with E-state index in [9.17, 15) is 4.79 Å². The predicted molar refractivity (Wildman–Crippen MR) is 73.3 cm³/mol. The number of ether oxygens (including phenoxy) is 1. The monoisotopic (exact) mass is 298 g/mol. The van der Waals surface area contributed by atoms with Gasteiger partial charge in [-0.1, -0.05) is 29.8 Å². The SMILES string of the molecule is CC(=O)C(CCOc1ccc(Br)cc1)C(C)C. The average Bonchev–Trinajstić information content (AvgIpc) is 2.25. The van der Waals surface area contributed by atoms with Crippen molar-refractivity contribution in [3.05, 3.63) is 28.7 Å². The fourth-order valence-electron chi connectivity index (χ4n) is 1.84. The molecule has 1 aromatic carbocycles. The third kappa shape index (κ3) is 4.90. The van der Waals surface area contributed by atoms with E-state index in [-0.39, 0.29) is 11.7 Å². The molecule has 0 aliphatic heterocycles. The molecule has 0 amide bonds. The van der Waals surface area contributed by atoms with Crippen LogP contribution in [0.5, 0.6) is 5.75 Å². The van der Waals surface area contributed by atoms with Crippen LogP contribution < -0.4 is 4.74 Å². The second-order valence-corrected chi connectivity index (χ2v) is 5.47. The largest absolute Gasteiger partial charge is 0.494 e. The molecule has 0 saturated heterocycles. The van der Waals surface area contributed by atoms with E-state index in [0.29, 0.717) is 12.5 Å². The quantitative estimate of drug-likeness (QED) is 0.791. The van der Waals surface area contributed by atoms with E-state index in [1.807, 2.05) is 24.3 Å². The highest BCUT2D eigenvalue weighted by molar-refractivity contribution is 9.10. The van der Waals surface area contributed by atoms with Crippen molar-refractivity contribution in [1.29, 1.82) is 0 Å². The molecule has 0 aliphatic rings. The Morgan fingerprint density at radius 2 is 1.88 bits per heavy atom. The third-order valence-electron chi connectivity index (χ3n) is 2.84. The zero-order chi connectivity index (χ0) is 12.8. The Labute approximate surface area is 111 Å². The molecule has 17 heavy (non-hydrogen) atoms. The Morgan fingerprint density at radius 3 is 2.35 bits per heavy atom. The fraction of sp³-hybridized carbons (Fsp3) is 0.500. The zero-order valence-corrected chi connectivity index (χ0v) is 12.2. The van der Waals surface area contributed by atoms with Crippen molar-refractivity contribution < 1.29 is 9.53 Å². The van der Waals surface area contributed by atoms with Gasteiger partial charge in [-0.05, 0) is 43.5 Å². The van der Waals surface area contributed by atoms with Crippen LogP contribution >= 0.6 is 15.9 Å². The van der Waals surface area contributed by atoms with Gasteiger partial charge in [0.15, 0.2) is 0 Å². The minimum Gasteiger partial charge on any atom is -0.494 e. The second kappa shape index (κ2) is 6.80. The molecule has 0 fully saturated rings. The molecule has 1 aromatic rings. The van der Waals surface area contributed by atoms with Gasteiger partial charge < -0.3 is 4.74 Å². The van der Waals surface area contributed by atoms with Crippen LogP contribution in [0.3, 0.4) is 0 Å². The predicted octanol–water partition coefficient (Wildman–Crippen LogP) is 4.08. The van der Waals surface area contributed by atoms with Gasteiger partial charge in [-0.2, -0.15) is 0 Å². The number of ketones is 1. The first kappa shape index (κ1) is 14.2. The van der Waals surface area contributed by atoms with Gasteiger partial charge in [-0.25, -0.2) is 0 Å². The van der Waals surface area contributed by atoms with Crippen molar-refractivity contribution >= 4 is 21.7 Å². The van der Waals surface area contributed by atoms with Crippen LogP contribution in [0.15, 0.2) is 28.7 Å². The Bertz CT molecular complexity index is 357. The summed E-state index contributed by atoms with van der Waals surface area (Å²) in [7, 11) is 0. The highest BCUT2D eigenvalue weighted by Crippen LogP contribution is 2.19. The lowest BCUT2D eigenvalue weighted by atomic mass is 9.89. The molecule has 1 unspecified atom stereocenters. The van der Waals surface area contributed by atoms with Crippen LogP contribution in [0.4, 0.5) is 0 Å². The average molecular weight is 299 g/mol. The lowest BCUT2D eigenvalue weighted by Gasteiger charge is -2.17. The van der Waals surface area contributed by atoms with Gasteiger partial charge >= 0.3 is 0 Å². The highest BCUT2D eigenvalue weighted by Gasteiger charge is 2.17. The summed E-state index contributed by atoms with van der Waals surface area (Å²) in [4.78, 5) is 11.4. The van der Waals surface area contributed by atoms with E-state index < -0.39 is 0 Å². The molecular weight excluding hydrogens is 280 g/mol. The van der Waals surface area contributed by atoms with Crippen molar-refractivity contribution in [3.63, 3.8) is 0 Å². The van der Waals surface area contributed by atoms with Gasteiger partial charge in [0.1, 0.15) is 11.5 Å². The van der Waals surface area contributed by atoms with Gasteiger partial charge in [-0.3, -0.25) is 4.79 Å². The van der Waals surface area contributed by atoms with E-state index in [1.54, 1.807) is 6.92 Å². The molecule has 0 radical (unpaired) electrons. The first-order chi connectivity index (χ1) is 8.00. The van der Waals surface area contributed by atoms with Gasteiger partial charge in [0, 0.05) is 10.4 Å². The van der Waals surface area contributed by atoms with Gasteiger partial charge in [0.2, 0.25) is 0 Å². The van der Waals surface area contributed by atoms with Gasteiger partial charge in [-0.15, -0.1) is 0 Å². The fourth-order valence-corrected chi connectivity index (χ4v) is 2.10. The number of hydrogen-bond acceptors (Lipinski definition) is 2. The molecular formula is C14H19BrO2. The van der Waals surface area contributed by atoms with Crippen molar-refractivity contribution in [2.75, 3.05) is 6.61 Å². The maximum atomic E-state index is 11.4. The molecule has 1 rings (SSSR count). The Hall–Kier alpha value is -0.830. The minimum atomic E-state index is 0.102. The van der Waals surface area contributed by atoms with E-state index in [2.05, 4.69) is 29.8 Å². The highest BCUT2D eigenvalue weighted by atomic mass is 79.9. The Kier molecular flexibility index (Phi) is 5.69. The van der Waals surface area contributed by atoms with Gasteiger partial charge in [0.05, 0.1) is 6.61 Å². The van der Waals surface area contributed by atoms with Crippen molar-refractivity contribution in [2.45, 2.75) is 27.2 Å². The van der Waals surface area contributed by atoms with Crippen LogP contribution in [-0.4, -0.2) is 12.4 Å². The number of hydrogen-bond donors (Lipinski definition) is 0. The molecule has 1 atom stereocenters. The van der Waals surface area contributed by atoms with E-state index in [0.717, 1.165) is 16.6 Å². The number of carbonyl (C=O) groups is 1. The van der Waals surface area contributed by atoms with E-state index in [4.69, 9.17) is 4.74 Å². The number of rotatable bonds is 6. The summed E-state index contributed by atoms with van der Waals surface area (Å²) in [5.74, 6) is 1.57. The Balaban J connectivity index is 2.41. The van der Waals surface area contributed by atoms with Crippen LogP contribution in [-0.2, 0) is 4.79 Å². The third-order valence-corrected chi connectivity index (χ3v) is 3.37. The number of carbonyl (C=O) groups excluding carboxylic acids is 1. The van der Waals surface area contributed by atoms with Crippen LogP contribution in [0.2, 0.25) is 0 Å². The molecule has 0 aliphatic carbocycles. The number of benzene rings is 1. The summed E-state index contributed by atoms with van der Waals surface area (Å²) in [6, 6.07) is 7.73. The van der Waals surface area contributed by atoms with Crippen molar-refractivity contribution in [2.24, 2.45) is 11.8 Å². The normalized spacial score (nSPS) is 12.5. The maximum absolute atomic E-state index is 11.4. The molecule has 0 aromatic heterocycles. The van der Waals surface area contributed by atoms with Crippen LogP contribution in [0.25, 0.3) is 0 Å². The molecule has 2 nitrogen and oxygen atoms in total. The molecule has 0 N–H and O–H groups in total. The van der Waals surface area contributed by atoms with Gasteiger partial charge in [0.25, 0.3) is 0 Å². The maximum Gasteiger partial charge on any atom is 0.133 e. The topological polar surface area (TPSA) is 26.3 Å².